The third-order valence-corrected chi connectivity index (χ3v) is 3.04. The van der Waals surface area contributed by atoms with E-state index < -0.39 is 17.5 Å². The first-order chi connectivity index (χ1) is 8.95. The van der Waals surface area contributed by atoms with E-state index in [1.54, 1.807) is 0 Å². The third kappa shape index (κ3) is 2.26. The standard InChI is InChI=1S/C11H8BrFN2O4/c1-19-10-4(2-5(12)9(16)8(10)13)6-3-7(11(17)18)15-14-6/h2-3,16H,1H3,(H,14,15)(H,17,18). The molecule has 6 nitrogen and oxygen atoms in total. The monoisotopic (exact) mass is 330 g/mol. The molecule has 100 valence electrons. The summed E-state index contributed by atoms with van der Waals surface area (Å²) in [7, 11) is 1.24. The number of carboxylic acids is 1. The van der Waals surface area contributed by atoms with E-state index in [0.29, 0.717) is 0 Å². The second-order valence-corrected chi connectivity index (χ2v) is 4.43. The van der Waals surface area contributed by atoms with Crippen molar-refractivity contribution in [2.24, 2.45) is 0 Å². The van der Waals surface area contributed by atoms with E-state index in [0.717, 1.165) is 0 Å². The van der Waals surface area contributed by atoms with Gasteiger partial charge in [-0.25, -0.2) is 4.79 Å². The smallest absolute Gasteiger partial charge is 0.353 e. The number of aromatic hydroxyl groups is 1. The SMILES string of the molecule is COc1c(-c2cc(C(=O)O)[nH]n2)cc(Br)c(O)c1F. The van der Waals surface area contributed by atoms with Crippen LogP contribution in [0.1, 0.15) is 10.5 Å². The molecule has 2 aromatic rings. The summed E-state index contributed by atoms with van der Waals surface area (Å²) in [6, 6.07) is 2.63. The highest BCUT2D eigenvalue weighted by molar-refractivity contribution is 9.10. The van der Waals surface area contributed by atoms with Crippen molar-refractivity contribution >= 4 is 21.9 Å². The molecule has 0 spiro atoms. The van der Waals surface area contributed by atoms with E-state index >= 15 is 0 Å². The molecule has 0 aliphatic rings. The van der Waals surface area contributed by atoms with Gasteiger partial charge in [-0.15, -0.1) is 0 Å². The molecule has 0 radical (unpaired) electrons. The molecule has 0 atom stereocenters. The summed E-state index contributed by atoms with van der Waals surface area (Å²) in [5.74, 6) is -2.94. The third-order valence-electron chi connectivity index (χ3n) is 2.44. The molecular weight excluding hydrogens is 323 g/mol. The molecule has 0 saturated heterocycles. The number of hydrogen-bond acceptors (Lipinski definition) is 4. The van der Waals surface area contributed by atoms with E-state index in [2.05, 4.69) is 26.1 Å². The number of nitrogens with zero attached hydrogens (tertiary/aromatic N) is 1. The average Bonchev–Trinajstić information content (AvgIpc) is 2.85. The Balaban J connectivity index is 2.63. The maximum absolute atomic E-state index is 13.8. The number of carbonyl (C=O) groups is 1. The molecular formula is C11H8BrFN2O4. The summed E-state index contributed by atoms with van der Waals surface area (Å²) >= 11 is 2.99. The molecule has 0 amide bonds. The molecule has 3 N–H and O–H groups in total. The van der Waals surface area contributed by atoms with Crippen molar-refractivity contribution in [1.29, 1.82) is 0 Å². The van der Waals surface area contributed by atoms with Crippen LogP contribution in [0.5, 0.6) is 11.5 Å². The highest BCUT2D eigenvalue weighted by Gasteiger charge is 2.21. The first-order valence-electron chi connectivity index (χ1n) is 4.99. The van der Waals surface area contributed by atoms with Gasteiger partial charge in [0.25, 0.3) is 0 Å². The van der Waals surface area contributed by atoms with E-state index in [1.165, 1.54) is 19.2 Å². The highest BCUT2D eigenvalue weighted by atomic mass is 79.9. The van der Waals surface area contributed by atoms with Crippen molar-refractivity contribution in [3.05, 3.63) is 28.1 Å². The van der Waals surface area contributed by atoms with Crippen molar-refractivity contribution in [2.75, 3.05) is 7.11 Å². The Bertz CT molecular complexity index is 656. The van der Waals surface area contributed by atoms with Crippen LogP contribution >= 0.6 is 15.9 Å². The lowest BCUT2D eigenvalue weighted by Crippen LogP contribution is -1.95. The number of aromatic amines is 1. The summed E-state index contributed by atoms with van der Waals surface area (Å²) in [5.41, 5.74) is 0.268. The number of nitrogens with one attached hydrogen (secondary N) is 1. The lowest BCUT2D eigenvalue weighted by atomic mass is 10.1. The number of halogens is 2. The van der Waals surface area contributed by atoms with E-state index in [1.807, 2.05) is 0 Å². The fourth-order valence-electron chi connectivity index (χ4n) is 1.55. The van der Waals surface area contributed by atoms with Crippen molar-refractivity contribution in [3.8, 4) is 22.8 Å². The van der Waals surface area contributed by atoms with Gasteiger partial charge in [-0.2, -0.15) is 9.49 Å². The Hall–Kier alpha value is -2.09. The molecule has 0 aliphatic heterocycles. The van der Waals surface area contributed by atoms with Crippen LogP contribution < -0.4 is 4.74 Å². The fraction of sp³-hybridized carbons (Fsp3) is 0.0909. The topological polar surface area (TPSA) is 95.4 Å². The zero-order valence-electron chi connectivity index (χ0n) is 9.57. The lowest BCUT2D eigenvalue weighted by molar-refractivity contribution is 0.0690. The number of phenols is 1. The second kappa shape index (κ2) is 4.88. The van der Waals surface area contributed by atoms with Gasteiger partial charge < -0.3 is 14.9 Å². The number of ether oxygens (including phenoxy) is 1. The van der Waals surface area contributed by atoms with E-state index in [4.69, 9.17) is 9.84 Å². The van der Waals surface area contributed by atoms with Crippen molar-refractivity contribution in [2.45, 2.75) is 0 Å². The summed E-state index contributed by atoms with van der Waals surface area (Å²) < 4.78 is 18.8. The van der Waals surface area contributed by atoms with Crippen LogP contribution in [-0.2, 0) is 0 Å². The maximum Gasteiger partial charge on any atom is 0.353 e. The van der Waals surface area contributed by atoms with Crippen LogP contribution in [0.2, 0.25) is 0 Å². The number of aromatic carboxylic acids is 1. The normalized spacial score (nSPS) is 10.5. The summed E-state index contributed by atoms with van der Waals surface area (Å²) in [6.07, 6.45) is 0. The molecule has 19 heavy (non-hydrogen) atoms. The summed E-state index contributed by atoms with van der Waals surface area (Å²) in [6.45, 7) is 0. The Morgan fingerprint density at radius 2 is 2.21 bits per heavy atom. The first kappa shape index (κ1) is 13.3. The number of carboxylic acid groups (broad SMARTS) is 1. The van der Waals surface area contributed by atoms with Crippen LogP contribution in [0.15, 0.2) is 16.6 Å². The van der Waals surface area contributed by atoms with Gasteiger partial charge in [0.05, 0.1) is 17.3 Å². The molecule has 8 heteroatoms. The number of hydrogen-bond donors (Lipinski definition) is 3. The number of rotatable bonds is 3. The van der Waals surface area contributed by atoms with Crippen molar-refractivity contribution < 1.29 is 24.1 Å². The second-order valence-electron chi connectivity index (χ2n) is 3.57. The minimum atomic E-state index is -1.18. The van der Waals surface area contributed by atoms with Gasteiger partial charge in [0.1, 0.15) is 5.69 Å². The molecule has 0 bridgehead atoms. The summed E-state index contributed by atoms with van der Waals surface area (Å²) in [4.78, 5) is 10.8. The fourth-order valence-corrected chi connectivity index (χ4v) is 1.95. The number of benzene rings is 1. The van der Waals surface area contributed by atoms with E-state index in [9.17, 15) is 14.3 Å². The van der Waals surface area contributed by atoms with Crippen molar-refractivity contribution in [3.63, 3.8) is 0 Å². The van der Waals surface area contributed by atoms with Gasteiger partial charge in [-0.05, 0) is 28.1 Å². The van der Waals surface area contributed by atoms with Crippen LogP contribution in [-0.4, -0.2) is 33.5 Å². The maximum atomic E-state index is 13.8. The largest absolute Gasteiger partial charge is 0.504 e. The van der Waals surface area contributed by atoms with Gasteiger partial charge in [0.2, 0.25) is 5.82 Å². The Kier molecular flexibility index (Phi) is 3.43. The Morgan fingerprint density at radius 3 is 2.74 bits per heavy atom. The summed E-state index contributed by atoms with van der Waals surface area (Å²) in [5, 5.41) is 24.3. The zero-order valence-corrected chi connectivity index (χ0v) is 11.2. The quantitative estimate of drug-likeness (QED) is 0.803. The average molecular weight is 331 g/mol. The van der Waals surface area contributed by atoms with Gasteiger partial charge in [0, 0.05) is 5.56 Å². The molecule has 1 aromatic carbocycles. The van der Waals surface area contributed by atoms with Crippen LogP contribution in [0, 0.1) is 5.82 Å². The number of H-pyrrole nitrogens is 1. The molecule has 0 unspecified atom stereocenters. The predicted octanol–water partition coefficient (Wildman–Crippen LogP) is 2.39. The predicted molar refractivity (Wildman–Crippen MR) is 66.9 cm³/mol. The van der Waals surface area contributed by atoms with Crippen LogP contribution in [0.25, 0.3) is 11.3 Å². The Morgan fingerprint density at radius 1 is 1.53 bits per heavy atom. The lowest BCUT2D eigenvalue weighted by Gasteiger charge is -2.10. The minimum Gasteiger partial charge on any atom is -0.504 e. The molecule has 1 aromatic heterocycles. The highest BCUT2D eigenvalue weighted by Crippen LogP contribution is 2.40. The molecule has 0 aliphatic carbocycles. The van der Waals surface area contributed by atoms with Crippen LogP contribution in [0.4, 0.5) is 4.39 Å². The minimum absolute atomic E-state index is 0.112. The van der Waals surface area contributed by atoms with E-state index in [-0.39, 0.29) is 27.2 Å². The molecule has 1 heterocycles. The molecule has 2 rings (SSSR count). The molecule has 0 fully saturated rings. The number of aromatic nitrogens is 2. The van der Waals surface area contributed by atoms with Crippen LogP contribution in [0.3, 0.4) is 0 Å². The van der Waals surface area contributed by atoms with Gasteiger partial charge >= 0.3 is 5.97 Å². The van der Waals surface area contributed by atoms with Gasteiger partial charge in [-0.1, -0.05) is 0 Å². The first-order valence-corrected chi connectivity index (χ1v) is 5.79. The Labute approximate surface area is 115 Å². The zero-order chi connectivity index (χ0) is 14.2. The van der Waals surface area contributed by atoms with Crippen molar-refractivity contribution in [1.82, 2.24) is 10.2 Å². The number of phenolic OH excluding ortho intramolecular Hbond substituents is 1. The number of methoxy groups -OCH3 is 1. The molecule has 0 saturated carbocycles. The van der Waals surface area contributed by atoms with Gasteiger partial charge in [-0.3, -0.25) is 5.10 Å². The van der Waals surface area contributed by atoms with Gasteiger partial charge in [0.15, 0.2) is 11.5 Å².